The number of halogens is 4. The molecule has 1 heterocycles. The van der Waals surface area contributed by atoms with Crippen LogP contribution in [0.1, 0.15) is 12.0 Å². The Hall–Kier alpha value is -0.570. The van der Waals surface area contributed by atoms with Crippen LogP contribution >= 0.6 is 34.2 Å². The second-order valence-electron chi connectivity index (χ2n) is 2.23. The summed E-state index contributed by atoms with van der Waals surface area (Å²) >= 11 is 6.89. The topological polar surface area (TPSA) is 56.0 Å². The van der Waals surface area contributed by atoms with E-state index >= 15 is 0 Å². The van der Waals surface area contributed by atoms with Crippen molar-refractivity contribution >= 4 is 39.9 Å². The highest BCUT2D eigenvalue weighted by Gasteiger charge is 2.26. The summed E-state index contributed by atoms with van der Waals surface area (Å²) in [6.07, 6.45) is -2.94. The van der Waals surface area contributed by atoms with Gasteiger partial charge in [-0.25, -0.2) is 13.8 Å². The summed E-state index contributed by atoms with van der Waals surface area (Å²) in [4.78, 5) is 13.0. The summed E-state index contributed by atoms with van der Waals surface area (Å²) < 4.78 is 24.6. The molecule has 0 fully saturated rings. The third-order valence-corrected chi connectivity index (χ3v) is 2.39. The SMILES string of the molecule is O=[N+]([O-])c1cc(Cl)nc(I)c1C(F)F. The second kappa shape index (κ2) is 4.30. The van der Waals surface area contributed by atoms with Crippen molar-refractivity contribution in [2.75, 3.05) is 0 Å². The molecule has 0 amide bonds. The van der Waals surface area contributed by atoms with Crippen LogP contribution < -0.4 is 0 Å². The summed E-state index contributed by atoms with van der Waals surface area (Å²) in [5.74, 6) is 0. The summed E-state index contributed by atoms with van der Waals surface area (Å²) in [6.45, 7) is 0. The van der Waals surface area contributed by atoms with Gasteiger partial charge in [0.25, 0.3) is 12.1 Å². The van der Waals surface area contributed by atoms with Gasteiger partial charge >= 0.3 is 0 Å². The molecular weight excluding hydrogens is 332 g/mol. The van der Waals surface area contributed by atoms with Crippen LogP contribution in [-0.4, -0.2) is 9.91 Å². The normalized spacial score (nSPS) is 10.6. The van der Waals surface area contributed by atoms with E-state index in [9.17, 15) is 18.9 Å². The van der Waals surface area contributed by atoms with E-state index in [2.05, 4.69) is 4.98 Å². The lowest BCUT2D eigenvalue weighted by Crippen LogP contribution is -2.01. The number of alkyl halides is 2. The van der Waals surface area contributed by atoms with Gasteiger partial charge in [0.15, 0.2) is 0 Å². The standard InChI is InChI=1S/C6H2ClF2IN2O2/c7-3-1-2(12(13)14)4(5(8)9)6(10)11-3/h1,5H. The molecule has 1 aromatic heterocycles. The van der Waals surface area contributed by atoms with E-state index in [-0.39, 0.29) is 8.85 Å². The Morgan fingerprint density at radius 3 is 2.64 bits per heavy atom. The fourth-order valence-electron chi connectivity index (χ4n) is 0.835. The van der Waals surface area contributed by atoms with Gasteiger partial charge in [0.05, 0.1) is 11.0 Å². The Labute approximate surface area is 95.6 Å². The van der Waals surface area contributed by atoms with Crippen LogP contribution in [0.4, 0.5) is 14.5 Å². The highest BCUT2D eigenvalue weighted by atomic mass is 127. The Bertz CT molecular complexity index is 388. The predicted octanol–water partition coefficient (Wildman–Crippen LogP) is 3.19. The van der Waals surface area contributed by atoms with Gasteiger partial charge in [-0.2, -0.15) is 0 Å². The molecule has 0 atom stereocenters. The van der Waals surface area contributed by atoms with Crippen LogP contribution in [0.3, 0.4) is 0 Å². The van der Waals surface area contributed by atoms with E-state index in [1.165, 1.54) is 22.6 Å². The van der Waals surface area contributed by atoms with Crippen molar-refractivity contribution in [1.82, 2.24) is 4.98 Å². The molecule has 0 N–H and O–H groups in total. The first-order chi connectivity index (χ1) is 6.43. The Morgan fingerprint density at radius 2 is 2.21 bits per heavy atom. The first kappa shape index (κ1) is 11.5. The van der Waals surface area contributed by atoms with Gasteiger partial charge in [-0.15, -0.1) is 0 Å². The lowest BCUT2D eigenvalue weighted by Gasteiger charge is -2.03. The van der Waals surface area contributed by atoms with E-state index in [1.807, 2.05) is 0 Å². The first-order valence-corrected chi connectivity index (χ1v) is 4.67. The third kappa shape index (κ3) is 2.27. The van der Waals surface area contributed by atoms with Crippen molar-refractivity contribution in [3.05, 3.63) is 30.6 Å². The lowest BCUT2D eigenvalue weighted by atomic mass is 10.2. The Balaban J connectivity index is 3.44. The maximum atomic E-state index is 12.4. The minimum atomic E-state index is -2.94. The lowest BCUT2D eigenvalue weighted by molar-refractivity contribution is -0.386. The maximum absolute atomic E-state index is 12.4. The van der Waals surface area contributed by atoms with E-state index in [0.29, 0.717) is 0 Å². The van der Waals surface area contributed by atoms with Crippen molar-refractivity contribution in [3.63, 3.8) is 0 Å². The fraction of sp³-hybridized carbons (Fsp3) is 0.167. The highest BCUT2D eigenvalue weighted by Crippen LogP contribution is 2.33. The van der Waals surface area contributed by atoms with Crippen molar-refractivity contribution in [1.29, 1.82) is 0 Å². The van der Waals surface area contributed by atoms with Crippen molar-refractivity contribution in [2.24, 2.45) is 0 Å². The van der Waals surface area contributed by atoms with Crippen LogP contribution in [0.25, 0.3) is 0 Å². The number of hydrogen-bond donors (Lipinski definition) is 0. The molecule has 1 rings (SSSR count). The molecule has 0 aliphatic heterocycles. The molecule has 0 aliphatic carbocycles. The molecule has 0 bridgehead atoms. The highest BCUT2D eigenvalue weighted by molar-refractivity contribution is 14.1. The average molecular weight is 334 g/mol. The van der Waals surface area contributed by atoms with Gasteiger partial charge in [-0.1, -0.05) is 11.6 Å². The van der Waals surface area contributed by atoms with Crippen molar-refractivity contribution in [2.45, 2.75) is 6.43 Å². The molecule has 0 saturated carbocycles. The average Bonchev–Trinajstić information content (AvgIpc) is 2.01. The molecule has 1 aromatic rings. The number of rotatable bonds is 2. The van der Waals surface area contributed by atoms with Crippen molar-refractivity contribution < 1.29 is 13.7 Å². The zero-order chi connectivity index (χ0) is 10.9. The molecule has 0 aromatic carbocycles. The van der Waals surface area contributed by atoms with Gasteiger partial charge in [0, 0.05) is 0 Å². The van der Waals surface area contributed by atoms with Gasteiger partial charge in [0.2, 0.25) is 0 Å². The molecule has 8 heteroatoms. The molecule has 76 valence electrons. The van der Waals surface area contributed by atoms with Crippen LogP contribution in [0.2, 0.25) is 5.15 Å². The zero-order valence-electron chi connectivity index (χ0n) is 6.38. The Morgan fingerprint density at radius 1 is 1.64 bits per heavy atom. The van der Waals surface area contributed by atoms with Gasteiger partial charge in [0.1, 0.15) is 14.4 Å². The van der Waals surface area contributed by atoms with E-state index in [0.717, 1.165) is 6.07 Å². The molecule has 0 aliphatic rings. The zero-order valence-corrected chi connectivity index (χ0v) is 9.29. The molecule has 0 spiro atoms. The van der Waals surface area contributed by atoms with Crippen molar-refractivity contribution in [3.8, 4) is 0 Å². The van der Waals surface area contributed by atoms with E-state index < -0.39 is 22.6 Å². The molecule has 0 saturated heterocycles. The van der Waals surface area contributed by atoms with Crippen LogP contribution in [-0.2, 0) is 0 Å². The van der Waals surface area contributed by atoms with Crippen LogP contribution in [0, 0.1) is 13.8 Å². The second-order valence-corrected chi connectivity index (χ2v) is 3.64. The quantitative estimate of drug-likeness (QED) is 0.361. The van der Waals surface area contributed by atoms with Crippen LogP contribution in [0.5, 0.6) is 0 Å². The largest absolute Gasteiger partial charge is 0.284 e. The van der Waals surface area contributed by atoms with Gasteiger partial charge < -0.3 is 0 Å². The maximum Gasteiger partial charge on any atom is 0.284 e. The third-order valence-electron chi connectivity index (χ3n) is 1.37. The monoisotopic (exact) mass is 334 g/mol. The molecule has 14 heavy (non-hydrogen) atoms. The van der Waals surface area contributed by atoms with E-state index in [4.69, 9.17) is 11.6 Å². The number of aromatic nitrogens is 1. The van der Waals surface area contributed by atoms with E-state index in [1.54, 1.807) is 0 Å². The molecule has 4 nitrogen and oxygen atoms in total. The van der Waals surface area contributed by atoms with Crippen LogP contribution in [0.15, 0.2) is 6.07 Å². The number of nitro groups is 1. The fourth-order valence-corrected chi connectivity index (χ4v) is 1.94. The number of nitrogens with zero attached hydrogens (tertiary/aromatic N) is 2. The Kier molecular flexibility index (Phi) is 3.53. The number of pyridine rings is 1. The predicted molar refractivity (Wildman–Crippen MR) is 53.6 cm³/mol. The molecule has 0 unspecified atom stereocenters. The summed E-state index contributed by atoms with van der Waals surface area (Å²) in [7, 11) is 0. The summed E-state index contributed by atoms with van der Waals surface area (Å²) in [6, 6.07) is 0.811. The number of hydrogen-bond acceptors (Lipinski definition) is 3. The summed E-state index contributed by atoms with van der Waals surface area (Å²) in [5, 5.41) is 10.2. The van der Waals surface area contributed by atoms with Gasteiger partial charge in [-0.3, -0.25) is 10.1 Å². The first-order valence-electron chi connectivity index (χ1n) is 3.22. The molecular formula is C6H2ClF2IN2O2. The summed E-state index contributed by atoms with van der Waals surface area (Å²) in [5.41, 5.74) is -1.40. The minimum absolute atomic E-state index is 0.156. The smallest absolute Gasteiger partial charge is 0.258 e. The van der Waals surface area contributed by atoms with Gasteiger partial charge in [-0.05, 0) is 22.6 Å². The molecule has 0 radical (unpaired) electrons. The minimum Gasteiger partial charge on any atom is -0.258 e.